The Labute approximate surface area is 144 Å². The number of aromatic nitrogens is 4. The molecule has 3 heterocycles. The summed E-state index contributed by atoms with van der Waals surface area (Å²) in [7, 11) is -1.96. The van der Waals surface area contributed by atoms with Gasteiger partial charge in [-0.3, -0.25) is 0 Å². The number of aryl methyl sites for hydroxylation is 2. The van der Waals surface area contributed by atoms with E-state index in [1.165, 1.54) is 22.6 Å². The molecule has 3 aromatic rings. The summed E-state index contributed by atoms with van der Waals surface area (Å²) in [6.45, 7) is 2.17. The van der Waals surface area contributed by atoms with Crippen molar-refractivity contribution in [1.82, 2.24) is 23.8 Å². The largest absolute Gasteiger partial charge is 0.341 e. The Morgan fingerprint density at radius 1 is 1.32 bits per heavy atom. The molecule has 1 atom stereocenters. The van der Waals surface area contributed by atoms with Crippen molar-refractivity contribution in [3.8, 4) is 0 Å². The van der Waals surface area contributed by atoms with Crippen LogP contribution in [0.2, 0.25) is 0 Å². The van der Waals surface area contributed by atoms with E-state index in [0.29, 0.717) is 35.6 Å². The van der Waals surface area contributed by atoms with Crippen LogP contribution in [-0.2, 0) is 17.1 Å². The molecule has 1 saturated heterocycles. The van der Waals surface area contributed by atoms with Crippen molar-refractivity contribution >= 4 is 21.1 Å². The van der Waals surface area contributed by atoms with Crippen LogP contribution in [0.25, 0.3) is 11.0 Å². The van der Waals surface area contributed by atoms with E-state index in [4.69, 9.17) is 0 Å². The molecule has 0 saturated carbocycles. The number of H-pyrrole nitrogens is 1. The van der Waals surface area contributed by atoms with E-state index in [9.17, 15) is 12.8 Å². The van der Waals surface area contributed by atoms with E-state index in [1.54, 1.807) is 24.6 Å². The van der Waals surface area contributed by atoms with Gasteiger partial charge in [-0.15, -0.1) is 0 Å². The summed E-state index contributed by atoms with van der Waals surface area (Å²) in [6, 6.07) is 3.89. The topological polar surface area (TPSA) is 83.9 Å². The molecule has 1 aliphatic rings. The molecule has 1 aliphatic heterocycles. The minimum absolute atomic E-state index is 0.0431. The number of aromatic amines is 1. The van der Waals surface area contributed by atoms with Gasteiger partial charge in [0.2, 0.25) is 0 Å². The van der Waals surface area contributed by atoms with E-state index < -0.39 is 16.1 Å². The summed E-state index contributed by atoms with van der Waals surface area (Å²) in [5.41, 5.74) is 1.18. The van der Waals surface area contributed by atoms with Crippen molar-refractivity contribution < 1.29 is 12.8 Å². The van der Waals surface area contributed by atoms with Crippen LogP contribution >= 0.6 is 0 Å². The Balaban J connectivity index is 1.74. The van der Waals surface area contributed by atoms with E-state index in [1.807, 2.05) is 0 Å². The summed E-state index contributed by atoms with van der Waals surface area (Å²) in [5, 5.41) is 0.0431. The van der Waals surface area contributed by atoms with Crippen LogP contribution < -0.4 is 0 Å². The minimum atomic E-state index is -3.72. The molecule has 9 heteroatoms. The number of imidazole rings is 2. The van der Waals surface area contributed by atoms with Gasteiger partial charge in [0, 0.05) is 19.8 Å². The van der Waals surface area contributed by atoms with Gasteiger partial charge < -0.3 is 9.55 Å². The lowest BCUT2D eigenvalue weighted by atomic mass is 10.2. The molecule has 1 aromatic carbocycles. The summed E-state index contributed by atoms with van der Waals surface area (Å²) in [4.78, 5) is 11.7. The van der Waals surface area contributed by atoms with Crippen molar-refractivity contribution in [2.24, 2.45) is 7.05 Å². The van der Waals surface area contributed by atoms with Gasteiger partial charge in [0.15, 0.2) is 5.03 Å². The molecule has 7 nitrogen and oxygen atoms in total. The quantitative estimate of drug-likeness (QED) is 0.774. The second kappa shape index (κ2) is 5.63. The van der Waals surface area contributed by atoms with Gasteiger partial charge in [-0.2, -0.15) is 4.31 Å². The van der Waals surface area contributed by atoms with E-state index in [2.05, 4.69) is 15.0 Å². The summed E-state index contributed by atoms with van der Waals surface area (Å²) in [5.74, 6) is 0.811. The van der Waals surface area contributed by atoms with Crippen LogP contribution in [0.3, 0.4) is 0 Å². The highest BCUT2D eigenvalue weighted by Gasteiger charge is 2.39. The number of hydrogen-bond donors (Lipinski definition) is 1. The van der Waals surface area contributed by atoms with Gasteiger partial charge >= 0.3 is 0 Å². The molecule has 4 rings (SSSR count). The molecule has 0 radical (unpaired) electrons. The Hall–Kier alpha value is -2.26. The zero-order valence-corrected chi connectivity index (χ0v) is 14.7. The number of nitrogens with one attached hydrogen (secondary N) is 1. The van der Waals surface area contributed by atoms with E-state index in [-0.39, 0.29) is 10.8 Å². The van der Waals surface area contributed by atoms with Gasteiger partial charge in [0.25, 0.3) is 10.0 Å². The number of nitrogens with zero attached hydrogens (tertiary/aromatic N) is 4. The van der Waals surface area contributed by atoms with Gasteiger partial charge in [-0.05, 0) is 38.0 Å². The maximum atomic E-state index is 13.4. The Morgan fingerprint density at radius 2 is 2.12 bits per heavy atom. The lowest BCUT2D eigenvalue weighted by molar-refractivity contribution is 0.384. The zero-order valence-electron chi connectivity index (χ0n) is 13.9. The van der Waals surface area contributed by atoms with E-state index >= 15 is 0 Å². The smallest absolute Gasteiger partial charge is 0.262 e. The third-order valence-electron chi connectivity index (χ3n) is 4.64. The summed E-state index contributed by atoms with van der Waals surface area (Å²) in [6.07, 6.45) is 2.92. The predicted octanol–water partition coefficient (Wildman–Crippen LogP) is 2.27. The third-order valence-corrected chi connectivity index (χ3v) is 6.42. The van der Waals surface area contributed by atoms with Crippen molar-refractivity contribution in [3.05, 3.63) is 41.9 Å². The fourth-order valence-electron chi connectivity index (χ4n) is 3.23. The van der Waals surface area contributed by atoms with Gasteiger partial charge in [0.1, 0.15) is 17.5 Å². The first kappa shape index (κ1) is 16.2. The zero-order chi connectivity index (χ0) is 17.8. The maximum Gasteiger partial charge on any atom is 0.262 e. The van der Waals surface area contributed by atoms with Crippen molar-refractivity contribution in [2.45, 2.75) is 30.8 Å². The fraction of sp³-hybridized carbons (Fsp3) is 0.375. The fourth-order valence-corrected chi connectivity index (χ4v) is 4.92. The number of halogens is 1. The number of hydrogen-bond acceptors (Lipinski definition) is 4. The lowest BCUT2D eigenvalue weighted by Crippen LogP contribution is -2.31. The highest BCUT2D eigenvalue weighted by atomic mass is 32.2. The van der Waals surface area contributed by atoms with Crippen molar-refractivity contribution in [1.29, 1.82) is 0 Å². The molecule has 25 heavy (non-hydrogen) atoms. The van der Waals surface area contributed by atoms with Gasteiger partial charge in [-0.1, -0.05) is 0 Å². The van der Waals surface area contributed by atoms with Crippen LogP contribution in [0, 0.1) is 12.7 Å². The first-order valence-electron chi connectivity index (χ1n) is 8.03. The molecule has 0 spiro atoms. The molecule has 2 aromatic heterocycles. The molecule has 1 unspecified atom stereocenters. The molecule has 0 amide bonds. The van der Waals surface area contributed by atoms with Crippen LogP contribution in [0.15, 0.2) is 29.4 Å². The molecule has 132 valence electrons. The first-order chi connectivity index (χ1) is 11.9. The highest BCUT2D eigenvalue weighted by molar-refractivity contribution is 7.89. The molecular weight excluding hydrogens is 345 g/mol. The summed E-state index contributed by atoms with van der Waals surface area (Å²) < 4.78 is 42.5. The summed E-state index contributed by atoms with van der Waals surface area (Å²) >= 11 is 0. The van der Waals surface area contributed by atoms with Gasteiger partial charge in [0.05, 0.1) is 17.1 Å². The van der Waals surface area contributed by atoms with Crippen molar-refractivity contribution in [2.75, 3.05) is 6.54 Å². The average molecular weight is 363 g/mol. The van der Waals surface area contributed by atoms with Crippen LogP contribution in [-0.4, -0.2) is 38.8 Å². The number of fused-ring (bicyclic) bond motifs is 1. The first-order valence-corrected chi connectivity index (χ1v) is 9.47. The van der Waals surface area contributed by atoms with Crippen LogP contribution in [0.5, 0.6) is 0 Å². The Morgan fingerprint density at radius 3 is 2.84 bits per heavy atom. The SMILES string of the molecule is Cc1nc(S(=O)(=O)N2CCCC2c2nc3ccc(F)cc3[nH]2)cn1C. The second-order valence-corrected chi connectivity index (χ2v) is 8.13. The number of benzene rings is 1. The Kier molecular flexibility index (Phi) is 3.66. The van der Waals surface area contributed by atoms with E-state index in [0.717, 1.165) is 6.42 Å². The van der Waals surface area contributed by atoms with Crippen molar-refractivity contribution in [3.63, 3.8) is 0 Å². The molecule has 1 fully saturated rings. The van der Waals surface area contributed by atoms with Crippen LogP contribution in [0.1, 0.15) is 30.5 Å². The molecular formula is C16H18FN5O2S. The number of rotatable bonds is 3. The molecule has 1 N–H and O–H groups in total. The monoisotopic (exact) mass is 363 g/mol. The average Bonchev–Trinajstić information content (AvgIpc) is 3.25. The van der Waals surface area contributed by atoms with Crippen LogP contribution in [0.4, 0.5) is 4.39 Å². The second-order valence-electron chi connectivity index (χ2n) is 6.29. The predicted molar refractivity (Wildman–Crippen MR) is 89.9 cm³/mol. The third kappa shape index (κ3) is 2.63. The van der Waals surface area contributed by atoms with Gasteiger partial charge in [-0.25, -0.2) is 22.8 Å². The molecule has 0 bridgehead atoms. The maximum absolute atomic E-state index is 13.4. The standard InChI is InChI=1S/C16H18FN5O2S/c1-10-18-15(9-21(10)2)25(23,24)22-7-3-4-14(22)16-19-12-6-5-11(17)8-13(12)20-16/h5-6,8-9,14H,3-4,7H2,1-2H3,(H,19,20). The normalized spacial score (nSPS) is 19.1. The minimum Gasteiger partial charge on any atom is -0.341 e. The number of sulfonamides is 1. The Bertz CT molecular complexity index is 1040. The lowest BCUT2D eigenvalue weighted by Gasteiger charge is -2.21. The molecule has 0 aliphatic carbocycles. The highest BCUT2D eigenvalue weighted by Crippen LogP contribution is 2.35.